The molecule has 0 amide bonds. The zero-order valence-corrected chi connectivity index (χ0v) is 11.7. The van der Waals surface area contributed by atoms with E-state index >= 15 is 0 Å². The lowest BCUT2D eigenvalue weighted by Crippen LogP contribution is -2.34. The second-order valence-electron chi connectivity index (χ2n) is 4.53. The van der Waals surface area contributed by atoms with Gasteiger partial charge in [0.2, 0.25) is 10.0 Å². The predicted octanol–water partition coefficient (Wildman–Crippen LogP) is 0.734. The minimum atomic E-state index is -3.41. The second-order valence-corrected chi connectivity index (χ2v) is 6.30. The molecule has 1 aromatic rings. The summed E-state index contributed by atoms with van der Waals surface area (Å²) in [5, 5.41) is 3.26. The van der Waals surface area contributed by atoms with Gasteiger partial charge in [-0.05, 0) is 38.1 Å². The van der Waals surface area contributed by atoms with E-state index in [0.717, 1.165) is 25.9 Å². The molecule has 2 rings (SSSR count). The fourth-order valence-corrected chi connectivity index (χ4v) is 3.08. The number of rotatable bonds is 6. The summed E-state index contributed by atoms with van der Waals surface area (Å²) >= 11 is 0. The molecule has 1 fully saturated rings. The van der Waals surface area contributed by atoms with E-state index in [0.29, 0.717) is 13.2 Å². The molecule has 106 valence electrons. The van der Waals surface area contributed by atoms with Crippen LogP contribution in [0.1, 0.15) is 12.8 Å². The SMILES string of the molecule is O=S(=O)(NCCOC1CCNCC1)c1ccccc1. The first-order valence-corrected chi connectivity index (χ1v) is 8.04. The molecule has 1 heterocycles. The van der Waals surface area contributed by atoms with Gasteiger partial charge < -0.3 is 10.1 Å². The molecule has 6 heteroatoms. The average Bonchev–Trinajstić information content (AvgIpc) is 2.46. The third kappa shape index (κ3) is 4.58. The molecule has 5 nitrogen and oxygen atoms in total. The molecular formula is C13H20N2O3S. The van der Waals surface area contributed by atoms with Gasteiger partial charge in [0.1, 0.15) is 0 Å². The molecule has 0 spiro atoms. The van der Waals surface area contributed by atoms with Crippen LogP contribution in [0.4, 0.5) is 0 Å². The lowest BCUT2D eigenvalue weighted by molar-refractivity contribution is 0.0367. The summed E-state index contributed by atoms with van der Waals surface area (Å²) in [6.07, 6.45) is 2.24. The Morgan fingerprint density at radius 2 is 1.89 bits per heavy atom. The highest BCUT2D eigenvalue weighted by Crippen LogP contribution is 2.08. The van der Waals surface area contributed by atoms with Gasteiger partial charge in [0.05, 0.1) is 17.6 Å². The maximum absolute atomic E-state index is 11.9. The van der Waals surface area contributed by atoms with Crippen LogP contribution in [-0.4, -0.2) is 40.8 Å². The van der Waals surface area contributed by atoms with Crippen LogP contribution in [0, 0.1) is 0 Å². The molecule has 1 aliphatic rings. The van der Waals surface area contributed by atoms with E-state index in [1.807, 2.05) is 0 Å². The van der Waals surface area contributed by atoms with Crippen LogP contribution in [0.25, 0.3) is 0 Å². The van der Waals surface area contributed by atoms with Gasteiger partial charge in [-0.3, -0.25) is 0 Å². The van der Waals surface area contributed by atoms with E-state index in [2.05, 4.69) is 10.0 Å². The maximum Gasteiger partial charge on any atom is 0.240 e. The van der Waals surface area contributed by atoms with Crippen LogP contribution in [0.15, 0.2) is 35.2 Å². The topological polar surface area (TPSA) is 67.4 Å². The Labute approximate surface area is 114 Å². The summed E-state index contributed by atoms with van der Waals surface area (Å²) in [6.45, 7) is 2.67. The first kappa shape index (κ1) is 14.5. The minimum absolute atomic E-state index is 0.252. The van der Waals surface area contributed by atoms with Gasteiger partial charge in [0, 0.05) is 6.54 Å². The minimum Gasteiger partial charge on any atom is -0.377 e. The second kappa shape index (κ2) is 7.00. The average molecular weight is 284 g/mol. The van der Waals surface area contributed by atoms with Crippen LogP contribution in [0.2, 0.25) is 0 Å². The summed E-state index contributed by atoms with van der Waals surface area (Å²) in [5.74, 6) is 0. The fourth-order valence-electron chi connectivity index (χ4n) is 2.05. The molecule has 0 aliphatic carbocycles. The van der Waals surface area contributed by atoms with Gasteiger partial charge in [-0.15, -0.1) is 0 Å². The molecule has 0 unspecified atom stereocenters. The predicted molar refractivity (Wildman–Crippen MR) is 73.5 cm³/mol. The van der Waals surface area contributed by atoms with E-state index in [-0.39, 0.29) is 11.0 Å². The number of nitrogens with one attached hydrogen (secondary N) is 2. The van der Waals surface area contributed by atoms with Gasteiger partial charge in [0.25, 0.3) is 0 Å². The number of benzene rings is 1. The van der Waals surface area contributed by atoms with Crippen LogP contribution in [-0.2, 0) is 14.8 Å². The van der Waals surface area contributed by atoms with Crippen molar-refractivity contribution in [3.05, 3.63) is 30.3 Å². The molecule has 1 saturated heterocycles. The lowest BCUT2D eigenvalue weighted by Gasteiger charge is -2.22. The summed E-state index contributed by atoms with van der Waals surface area (Å²) in [7, 11) is -3.41. The molecule has 1 aliphatic heterocycles. The monoisotopic (exact) mass is 284 g/mol. The molecule has 0 bridgehead atoms. The number of hydrogen-bond acceptors (Lipinski definition) is 4. The van der Waals surface area contributed by atoms with Crippen molar-refractivity contribution in [3.8, 4) is 0 Å². The van der Waals surface area contributed by atoms with Crippen molar-refractivity contribution < 1.29 is 13.2 Å². The van der Waals surface area contributed by atoms with E-state index in [1.165, 1.54) is 0 Å². The van der Waals surface area contributed by atoms with E-state index in [1.54, 1.807) is 30.3 Å². The van der Waals surface area contributed by atoms with Gasteiger partial charge in [0.15, 0.2) is 0 Å². The third-order valence-electron chi connectivity index (χ3n) is 3.09. The molecule has 2 N–H and O–H groups in total. The highest BCUT2D eigenvalue weighted by atomic mass is 32.2. The van der Waals surface area contributed by atoms with Crippen molar-refractivity contribution in [2.45, 2.75) is 23.8 Å². The van der Waals surface area contributed by atoms with E-state index in [4.69, 9.17) is 4.74 Å². The Morgan fingerprint density at radius 3 is 2.58 bits per heavy atom. The Morgan fingerprint density at radius 1 is 1.21 bits per heavy atom. The zero-order valence-electron chi connectivity index (χ0n) is 10.8. The number of ether oxygens (including phenoxy) is 1. The molecule has 0 atom stereocenters. The maximum atomic E-state index is 11.9. The van der Waals surface area contributed by atoms with Crippen LogP contribution >= 0.6 is 0 Å². The first-order chi connectivity index (χ1) is 9.18. The van der Waals surface area contributed by atoms with Gasteiger partial charge in [-0.25, -0.2) is 13.1 Å². The highest BCUT2D eigenvalue weighted by molar-refractivity contribution is 7.89. The quantitative estimate of drug-likeness (QED) is 0.756. The van der Waals surface area contributed by atoms with E-state index in [9.17, 15) is 8.42 Å². The van der Waals surface area contributed by atoms with Crippen molar-refractivity contribution in [2.75, 3.05) is 26.2 Å². The van der Waals surface area contributed by atoms with Crippen molar-refractivity contribution in [1.29, 1.82) is 0 Å². The smallest absolute Gasteiger partial charge is 0.240 e. The summed E-state index contributed by atoms with van der Waals surface area (Å²) < 4.78 is 32.0. The Hall–Kier alpha value is -0.950. The van der Waals surface area contributed by atoms with Gasteiger partial charge in [-0.2, -0.15) is 0 Å². The van der Waals surface area contributed by atoms with Crippen LogP contribution < -0.4 is 10.0 Å². The number of hydrogen-bond donors (Lipinski definition) is 2. The summed E-state index contributed by atoms with van der Waals surface area (Å²) in [4.78, 5) is 0.289. The van der Waals surface area contributed by atoms with Crippen molar-refractivity contribution >= 4 is 10.0 Å². The normalized spacial score (nSPS) is 17.5. The van der Waals surface area contributed by atoms with Crippen molar-refractivity contribution in [2.24, 2.45) is 0 Å². The fraction of sp³-hybridized carbons (Fsp3) is 0.538. The van der Waals surface area contributed by atoms with Gasteiger partial charge >= 0.3 is 0 Å². The molecule has 0 radical (unpaired) electrons. The largest absolute Gasteiger partial charge is 0.377 e. The number of piperidine rings is 1. The Bertz CT molecular complexity index is 470. The molecule has 0 aromatic heterocycles. The van der Waals surface area contributed by atoms with Crippen LogP contribution in [0.3, 0.4) is 0 Å². The first-order valence-electron chi connectivity index (χ1n) is 6.55. The Kier molecular flexibility index (Phi) is 5.33. The van der Waals surface area contributed by atoms with Gasteiger partial charge in [-0.1, -0.05) is 18.2 Å². The summed E-state index contributed by atoms with van der Waals surface area (Å²) in [6, 6.07) is 8.37. The standard InChI is InChI=1S/C13H20N2O3S/c16-19(17,13-4-2-1-3-5-13)15-10-11-18-12-6-8-14-9-7-12/h1-5,12,14-15H,6-11H2. The third-order valence-corrected chi connectivity index (χ3v) is 4.56. The van der Waals surface area contributed by atoms with E-state index < -0.39 is 10.0 Å². The molecule has 1 aromatic carbocycles. The molecular weight excluding hydrogens is 264 g/mol. The summed E-state index contributed by atoms with van der Waals surface area (Å²) in [5.41, 5.74) is 0. The Balaban J connectivity index is 1.73. The highest BCUT2D eigenvalue weighted by Gasteiger charge is 2.15. The number of sulfonamides is 1. The lowest BCUT2D eigenvalue weighted by atomic mass is 10.1. The van der Waals surface area contributed by atoms with Crippen molar-refractivity contribution in [3.63, 3.8) is 0 Å². The van der Waals surface area contributed by atoms with Crippen molar-refractivity contribution in [1.82, 2.24) is 10.0 Å². The zero-order chi connectivity index (χ0) is 13.6. The van der Waals surface area contributed by atoms with Crippen LogP contribution in [0.5, 0.6) is 0 Å². The molecule has 0 saturated carbocycles. The molecule has 19 heavy (non-hydrogen) atoms.